The highest BCUT2D eigenvalue weighted by molar-refractivity contribution is 5.94. The van der Waals surface area contributed by atoms with Crippen LogP contribution in [0.5, 0.6) is 11.5 Å². The molecular formula is C21H25NO3. The minimum atomic E-state index is -0.122. The number of rotatable bonds is 8. The van der Waals surface area contributed by atoms with Gasteiger partial charge in [0.05, 0.1) is 13.2 Å². The molecule has 0 saturated heterocycles. The fourth-order valence-corrected chi connectivity index (χ4v) is 2.43. The average Bonchev–Trinajstić information content (AvgIpc) is 2.64. The Balaban J connectivity index is 2.08. The Morgan fingerprint density at radius 3 is 2.48 bits per heavy atom. The highest BCUT2D eigenvalue weighted by Crippen LogP contribution is 2.21. The predicted octanol–water partition coefficient (Wildman–Crippen LogP) is 4.53. The first-order chi connectivity index (χ1) is 12.0. The molecule has 0 radical (unpaired) electrons. The van der Waals surface area contributed by atoms with E-state index in [-0.39, 0.29) is 11.9 Å². The molecule has 4 heteroatoms. The van der Waals surface area contributed by atoms with E-state index < -0.39 is 0 Å². The van der Waals surface area contributed by atoms with E-state index in [1.807, 2.05) is 50.2 Å². The summed E-state index contributed by atoms with van der Waals surface area (Å²) in [7, 11) is 1.64. The zero-order valence-electron chi connectivity index (χ0n) is 15.0. The molecule has 4 nitrogen and oxygen atoms in total. The highest BCUT2D eigenvalue weighted by Gasteiger charge is 2.14. The van der Waals surface area contributed by atoms with Crippen molar-refractivity contribution >= 4 is 5.91 Å². The van der Waals surface area contributed by atoms with E-state index in [0.717, 1.165) is 23.3 Å². The van der Waals surface area contributed by atoms with Crippen molar-refractivity contribution < 1.29 is 14.3 Å². The van der Waals surface area contributed by atoms with Gasteiger partial charge in [0, 0.05) is 5.56 Å². The molecule has 1 amide bonds. The van der Waals surface area contributed by atoms with Gasteiger partial charge >= 0.3 is 0 Å². The van der Waals surface area contributed by atoms with Crippen molar-refractivity contribution in [1.29, 1.82) is 0 Å². The van der Waals surface area contributed by atoms with Crippen molar-refractivity contribution in [2.75, 3.05) is 13.7 Å². The van der Waals surface area contributed by atoms with Gasteiger partial charge in [-0.1, -0.05) is 31.7 Å². The molecule has 1 unspecified atom stereocenters. The first-order valence-corrected chi connectivity index (χ1v) is 8.35. The number of hydrogen-bond donors (Lipinski definition) is 1. The molecule has 0 heterocycles. The second-order valence-electron chi connectivity index (χ2n) is 5.98. The third-order valence-electron chi connectivity index (χ3n) is 3.81. The van der Waals surface area contributed by atoms with Crippen LogP contribution < -0.4 is 14.8 Å². The second kappa shape index (κ2) is 8.92. The number of hydrogen-bond acceptors (Lipinski definition) is 3. The van der Waals surface area contributed by atoms with Gasteiger partial charge in [-0.25, -0.2) is 0 Å². The van der Waals surface area contributed by atoms with Crippen LogP contribution >= 0.6 is 0 Å². The molecule has 0 fully saturated rings. The third kappa shape index (κ3) is 5.38. The number of carbonyl (C=O) groups is 1. The number of carbonyl (C=O) groups excluding carboxylic acids is 1. The molecular weight excluding hydrogens is 314 g/mol. The number of benzene rings is 2. The van der Waals surface area contributed by atoms with Crippen LogP contribution in [0.15, 0.2) is 60.7 Å². The fraction of sp³-hybridized carbons (Fsp3) is 0.286. The lowest BCUT2D eigenvalue weighted by Gasteiger charge is -2.18. The summed E-state index contributed by atoms with van der Waals surface area (Å²) in [5.74, 6) is 1.34. The van der Waals surface area contributed by atoms with Crippen molar-refractivity contribution in [2.24, 2.45) is 0 Å². The topological polar surface area (TPSA) is 47.6 Å². The van der Waals surface area contributed by atoms with Gasteiger partial charge in [0.15, 0.2) is 0 Å². The Bertz CT molecular complexity index is 722. The van der Waals surface area contributed by atoms with Crippen LogP contribution in [-0.2, 0) is 0 Å². The van der Waals surface area contributed by atoms with Crippen LogP contribution in [0.1, 0.15) is 42.2 Å². The summed E-state index contributed by atoms with van der Waals surface area (Å²) in [4.78, 5) is 12.6. The maximum atomic E-state index is 12.6. The standard InChI is InChI=1S/C21H25NO3/c1-5-20(16-9-11-18(24-4)12-10-16)22-21(23)17-7-6-8-19(13-17)25-14-15(2)3/h6-13,20H,2,5,14H2,1,3-4H3,(H,22,23). The quantitative estimate of drug-likeness (QED) is 0.719. The molecule has 132 valence electrons. The zero-order chi connectivity index (χ0) is 18.2. The third-order valence-corrected chi connectivity index (χ3v) is 3.81. The summed E-state index contributed by atoms with van der Waals surface area (Å²) in [5, 5.41) is 3.08. The van der Waals surface area contributed by atoms with Crippen LogP contribution in [0.3, 0.4) is 0 Å². The first kappa shape index (κ1) is 18.6. The molecule has 0 spiro atoms. The Kier molecular flexibility index (Phi) is 6.63. The average molecular weight is 339 g/mol. The summed E-state index contributed by atoms with van der Waals surface area (Å²) in [5.41, 5.74) is 2.55. The summed E-state index contributed by atoms with van der Waals surface area (Å²) in [6, 6.07) is 14.9. The maximum Gasteiger partial charge on any atom is 0.251 e. The molecule has 0 aromatic heterocycles. The lowest BCUT2D eigenvalue weighted by molar-refractivity contribution is 0.0935. The Morgan fingerprint density at radius 1 is 1.16 bits per heavy atom. The molecule has 0 aliphatic carbocycles. The van der Waals surface area contributed by atoms with Gasteiger partial charge < -0.3 is 14.8 Å². The first-order valence-electron chi connectivity index (χ1n) is 8.35. The number of nitrogens with one attached hydrogen (secondary N) is 1. The van der Waals surface area contributed by atoms with Crippen LogP contribution in [0, 0.1) is 0 Å². The molecule has 0 aliphatic rings. The number of methoxy groups -OCH3 is 1. The Labute approximate surface area is 149 Å². The van der Waals surface area contributed by atoms with Crippen molar-refractivity contribution in [3.63, 3.8) is 0 Å². The SMILES string of the molecule is C=C(C)COc1cccc(C(=O)NC(CC)c2ccc(OC)cc2)c1. The monoisotopic (exact) mass is 339 g/mol. The smallest absolute Gasteiger partial charge is 0.251 e. The molecule has 0 bridgehead atoms. The van der Waals surface area contributed by atoms with Crippen LogP contribution in [-0.4, -0.2) is 19.6 Å². The minimum Gasteiger partial charge on any atom is -0.497 e. The molecule has 1 N–H and O–H groups in total. The molecule has 0 aliphatic heterocycles. The highest BCUT2D eigenvalue weighted by atomic mass is 16.5. The summed E-state index contributed by atoms with van der Waals surface area (Å²) in [6.45, 7) is 8.19. The zero-order valence-corrected chi connectivity index (χ0v) is 15.0. The van der Waals surface area contributed by atoms with Crippen LogP contribution in [0.4, 0.5) is 0 Å². The number of ether oxygens (including phenoxy) is 2. The van der Waals surface area contributed by atoms with E-state index in [1.54, 1.807) is 19.2 Å². The van der Waals surface area contributed by atoms with E-state index in [9.17, 15) is 4.79 Å². The molecule has 2 aromatic carbocycles. The molecule has 2 aromatic rings. The van der Waals surface area contributed by atoms with Crippen molar-refractivity contribution in [2.45, 2.75) is 26.3 Å². The van der Waals surface area contributed by atoms with E-state index in [1.165, 1.54) is 0 Å². The Hall–Kier alpha value is -2.75. The van der Waals surface area contributed by atoms with E-state index in [0.29, 0.717) is 17.9 Å². The van der Waals surface area contributed by atoms with E-state index in [2.05, 4.69) is 11.9 Å². The lowest BCUT2D eigenvalue weighted by atomic mass is 10.0. The predicted molar refractivity (Wildman–Crippen MR) is 100 cm³/mol. The van der Waals surface area contributed by atoms with Gasteiger partial charge in [-0.05, 0) is 54.8 Å². The molecule has 25 heavy (non-hydrogen) atoms. The largest absolute Gasteiger partial charge is 0.497 e. The summed E-state index contributed by atoms with van der Waals surface area (Å²) >= 11 is 0. The number of amides is 1. The van der Waals surface area contributed by atoms with Gasteiger partial charge in [-0.2, -0.15) is 0 Å². The van der Waals surface area contributed by atoms with Crippen LogP contribution in [0.2, 0.25) is 0 Å². The fourth-order valence-electron chi connectivity index (χ4n) is 2.43. The van der Waals surface area contributed by atoms with Crippen molar-refractivity contribution in [1.82, 2.24) is 5.32 Å². The Morgan fingerprint density at radius 2 is 1.88 bits per heavy atom. The molecule has 2 rings (SSSR count). The van der Waals surface area contributed by atoms with Gasteiger partial charge in [-0.3, -0.25) is 4.79 Å². The van der Waals surface area contributed by atoms with Gasteiger partial charge in [0.25, 0.3) is 5.91 Å². The second-order valence-corrected chi connectivity index (χ2v) is 5.98. The van der Waals surface area contributed by atoms with Gasteiger partial charge in [-0.15, -0.1) is 0 Å². The van der Waals surface area contributed by atoms with Crippen molar-refractivity contribution in [3.8, 4) is 11.5 Å². The normalized spacial score (nSPS) is 11.5. The van der Waals surface area contributed by atoms with Crippen LogP contribution in [0.25, 0.3) is 0 Å². The molecule has 0 saturated carbocycles. The van der Waals surface area contributed by atoms with Gasteiger partial charge in [0.1, 0.15) is 18.1 Å². The minimum absolute atomic E-state index is 0.0570. The van der Waals surface area contributed by atoms with E-state index >= 15 is 0 Å². The molecule has 1 atom stereocenters. The summed E-state index contributed by atoms with van der Waals surface area (Å²) < 4.78 is 10.8. The maximum absolute atomic E-state index is 12.6. The summed E-state index contributed by atoms with van der Waals surface area (Å²) in [6.07, 6.45) is 0.796. The van der Waals surface area contributed by atoms with E-state index in [4.69, 9.17) is 9.47 Å². The van der Waals surface area contributed by atoms with Gasteiger partial charge in [0.2, 0.25) is 0 Å². The lowest BCUT2D eigenvalue weighted by Crippen LogP contribution is -2.28. The van der Waals surface area contributed by atoms with Crippen molar-refractivity contribution in [3.05, 3.63) is 71.8 Å².